The number of nitrogens with one attached hydrogen (secondary N) is 1. The first kappa shape index (κ1) is 20.7. The molecule has 0 fully saturated rings. The normalized spacial score (nSPS) is 11.9. The zero-order valence-electron chi connectivity index (χ0n) is 14.8. The Hall–Kier alpha value is -2.64. The van der Waals surface area contributed by atoms with Gasteiger partial charge in [0.2, 0.25) is 5.75 Å². The number of hydrazone groups is 1. The van der Waals surface area contributed by atoms with Crippen LogP contribution in [0.25, 0.3) is 0 Å². The molecule has 0 unspecified atom stereocenters. The summed E-state index contributed by atoms with van der Waals surface area (Å²) < 4.78 is 15.6. The van der Waals surface area contributed by atoms with Crippen molar-refractivity contribution in [3.63, 3.8) is 0 Å². The van der Waals surface area contributed by atoms with Gasteiger partial charge in [0.05, 0.1) is 25.5 Å². The summed E-state index contributed by atoms with van der Waals surface area (Å²) in [5, 5.41) is 14.5. The van der Waals surface area contributed by atoms with E-state index in [9.17, 15) is 9.90 Å². The van der Waals surface area contributed by atoms with Crippen LogP contribution in [0.3, 0.4) is 0 Å². The predicted octanol–water partition coefficient (Wildman–Crippen LogP) is 3.63. The second kappa shape index (κ2) is 9.34. The molecule has 27 heavy (non-hydrogen) atoms. The highest BCUT2D eigenvalue weighted by atomic mass is 35.5. The Labute approximate surface area is 166 Å². The zero-order chi connectivity index (χ0) is 20.0. The molecule has 144 valence electrons. The van der Waals surface area contributed by atoms with Crippen LogP contribution in [-0.4, -0.2) is 37.6 Å². The number of nitrogens with zero attached hydrogens (tertiary/aromatic N) is 1. The van der Waals surface area contributed by atoms with Crippen LogP contribution in [0.1, 0.15) is 12.5 Å². The van der Waals surface area contributed by atoms with Crippen LogP contribution in [0.2, 0.25) is 10.0 Å². The molecule has 0 aromatic heterocycles. The van der Waals surface area contributed by atoms with Crippen LogP contribution in [0.15, 0.2) is 35.4 Å². The number of benzene rings is 2. The van der Waals surface area contributed by atoms with Gasteiger partial charge in [-0.3, -0.25) is 4.79 Å². The Balaban J connectivity index is 2.02. The molecule has 2 N–H and O–H groups in total. The van der Waals surface area contributed by atoms with Crippen LogP contribution < -0.4 is 19.6 Å². The minimum atomic E-state index is -0.843. The molecule has 0 bridgehead atoms. The molecule has 0 spiro atoms. The minimum absolute atomic E-state index is 0.122. The topological polar surface area (TPSA) is 89.4 Å². The lowest BCUT2D eigenvalue weighted by molar-refractivity contribution is -0.127. The maximum atomic E-state index is 12.1. The van der Waals surface area contributed by atoms with Gasteiger partial charge in [0.25, 0.3) is 5.91 Å². The number of amides is 1. The molecule has 0 saturated carbocycles. The van der Waals surface area contributed by atoms with Crippen molar-refractivity contribution < 1.29 is 24.1 Å². The summed E-state index contributed by atoms with van der Waals surface area (Å²) in [5.74, 6) is 0.172. The van der Waals surface area contributed by atoms with Crippen LogP contribution >= 0.6 is 23.2 Å². The molecule has 2 aromatic rings. The van der Waals surface area contributed by atoms with Gasteiger partial charge >= 0.3 is 0 Å². The van der Waals surface area contributed by atoms with E-state index in [0.717, 1.165) is 0 Å². The summed E-state index contributed by atoms with van der Waals surface area (Å²) in [6, 6.07) is 7.79. The van der Waals surface area contributed by atoms with Crippen LogP contribution in [0, 0.1) is 0 Å². The number of aromatic hydroxyl groups is 1. The smallest absolute Gasteiger partial charge is 0.280 e. The van der Waals surface area contributed by atoms with E-state index in [0.29, 0.717) is 21.4 Å². The molecule has 2 rings (SSSR count). The molecule has 1 amide bonds. The third kappa shape index (κ3) is 5.42. The molecular weight excluding hydrogens is 395 g/mol. The van der Waals surface area contributed by atoms with E-state index in [1.165, 1.54) is 26.5 Å². The Bertz CT molecular complexity index is 833. The van der Waals surface area contributed by atoms with Gasteiger partial charge in [-0.2, -0.15) is 5.10 Å². The quantitative estimate of drug-likeness (QED) is 0.535. The second-order valence-corrected chi connectivity index (χ2v) is 6.19. The van der Waals surface area contributed by atoms with Crippen molar-refractivity contribution in [2.24, 2.45) is 5.10 Å². The van der Waals surface area contributed by atoms with E-state index < -0.39 is 12.0 Å². The molecule has 7 nitrogen and oxygen atoms in total. The lowest BCUT2D eigenvalue weighted by Crippen LogP contribution is -2.33. The summed E-state index contributed by atoms with van der Waals surface area (Å²) in [5.41, 5.74) is 2.92. The highest BCUT2D eigenvalue weighted by molar-refractivity contribution is 6.35. The molecule has 0 aliphatic heterocycles. The first-order valence-electron chi connectivity index (χ1n) is 7.75. The zero-order valence-corrected chi connectivity index (χ0v) is 16.3. The van der Waals surface area contributed by atoms with Gasteiger partial charge in [0.1, 0.15) is 5.75 Å². The van der Waals surface area contributed by atoms with E-state index in [-0.39, 0.29) is 17.2 Å². The number of phenols is 1. The molecule has 0 heterocycles. The molecule has 2 aromatic carbocycles. The molecular formula is C18H18Cl2N2O5. The van der Waals surface area contributed by atoms with Crippen molar-refractivity contribution in [1.82, 2.24) is 5.43 Å². The first-order valence-corrected chi connectivity index (χ1v) is 8.51. The number of rotatable bonds is 7. The summed E-state index contributed by atoms with van der Waals surface area (Å²) in [7, 11) is 2.83. The fourth-order valence-corrected chi connectivity index (χ4v) is 2.52. The van der Waals surface area contributed by atoms with Crippen molar-refractivity contribution >= 4 is 35.3 Å². The van der Waals surface area contributed by atoms with Crippen molar-refractivity contribution in [1.29, 1.82) is 0 Å². The van der Waals surface area contributed by atoms with E-state index in [2.05, 4.69) is 10.5 Å². The van der Waals surface area contributed by atoms with Gasteiger partial charge in [0.15, 0.2) is 17.6 Å². The minimum Gasteiger partial charge on any atom is -0.502 e. The molecule has 9 heteroatoms. The van der Waals surface area contributed by atoms with Crippen LogP contribution in [-0.2, 0) is 4.79 Å². The summed E-state index contributed by atoms with van der Waals surface area (Å²) >= 11 is 11.8. The van der Waals surface area contributed by atoms with Crippen LogP contribution in [0.5, 0.6) is 23.0 Å². The van der Waals surface area contributed by atoms with Crippen molar-refractivity contribution in [2.45, 2.75) is 13.0 Å². The standard InChI is InChI=1S/C18H18Cl2N2O5/c1-10(27-14-5-4-12(19)8-13(14)20)18(24)22-21-9-11-6-15(25-2)17(23)16(7-11)26-3/h4-10,23H,1-3H3,(H,22,24)/b21-9-/t10-/m0/s1. The van der Waals surface area contributed by atoms with Crippen LogP contribution in [0.4, 0.5) is 0 Å². The number of hydrogen-bond donors (Lipinski definition) is 2. The van der Waals surface area contributed by atoms with Gasteiger partial charge in [-0.05, 0) is 37.3 Å². The second-order valence-electron chi connectivity index (χ2n) is 5.34. The largest absolute Gasteiger partial charge is 0.502 e. The van der Waals surface area contributed by atoms with Crippen molar-refractivity contribution in [2.75, 3.05) is 14.2 Å². The van der Waals surface area contributed by atoms with E-state index in [1.54, 1.807) is 31.2 Å². The lowest BCUT2D eigenvalue weighted by atomic mass is 10.2. The first-order chi connectivity index (χ1) is 12.8. The average Bonchev–Trinajstić information content (AvgIpc) is 2.64. The predicted molar refractivity (Wildman–Crippen MR) is 103 cm³/mol. The Morgan fingerprint density at radius 2 is 1.78 bits per heavy atom. The SMILES string of the molecule is COc1cc(/C=N\NC(=O)[C@H](C)Oc2ccc(Cl)cc2Cl)cc(OC)c1O. The Morgan fingerprint density at radius 3 is 2.33 bits per heavy atom. The highest BCUT2D eigenvalue weighted by Gasteiger charge is 2.16. The third-order valence-electron chi connectivity index (χ3n) is 3.46. The van der Waals surface area contributed by atoms with Crippen molar-refractivity contribution in [3.8, 4) is 23.0 Å². The van der Waals surface area contributed by atoms with Gasteiger partial charge < -0.3 is 19.3 Å². The maximum Gasteiger partial charge on any atom is 0.280 e. The van der Waals surface area contributed by atoms with Gasteiger partial charge in [-0.15, -0.1) is 0 Å². The number of phenolic OH excluding ortho intramolecular Hbond substituents is 1. The van der Waals surface area contributed by atoms with Gasteiger partial charge in [-0.25, -0.2) is 5.43 Å². The number of carbonyl (C=O) groups excluding carboxylic acids is 1. The number of hydrogen-bond acceptors (Lipinski definition) is 6. The highest BCUT2D eigenvalue weighted by Crippen LogP contribution is 2.36. The molecule has 0 radical (unpaired) electrons. The lowest BCUT2D eigenvalue weighted by Gasteiger charge is -2.14. The maximum absolute atomic E-state index is 12.1. The van der Waals surface area contributed by atoms with E-state index in [4.69, 9.17) is 37.4 Å². The van der Waals surface area contributed by atoms with Crippen molar-refractivity contribution in [3.05, 3.63) is 45.9 Å². The average molecular weight is 413 g/mol. The molecule has 0 aliphatic carbocycles. The Kier molecular flexibility index (Phi) is 7.15. The van der Waals surface area contributed by atoms with Gasteiger partial charge in [-0.1, -0.05) is 23.2 Å². The third-order valence-corrected chi connectivity index (χ3v) is 3.99. The summed E-state index contributed by atoms with van der Waals surface area (Å²) in [6.07, 6.45) is 0.536. The number of carbonyl (C=O) groups is 1. The number of halogens is 2. The number of methoxy groups -OCH3 is 2. The summed E-state index contributed by atoms with van der Waals surface area (Å²) in [4.78, 5) is 12.1. The fraction of sp³-hybridized carbons (Fsp3) is 0.222. The monoisotopic (exact) mass is 412 g/mol. The van der Waals surface area contributed by atoms with E-state index >= 15 is 0 Å². The van der Waals surface area contributed by atoms with Gasteiger partial charge in [0, 0.05) is 10.6 Å². The van der Waals surface area contributed by atoms with E-state index in [1.807, 2.05) is 0 Å². The molecule has 0 aliphatic rings. The molecule has 1 atom stereocenters. The summed E-state index contributed by atoms with van der Waals surface area (Å²) in [6.45, 7) is 1.56. The number of ether oxygens (including phenoxy) is 3. The fourth-order valence-electron chi connectivity index (χ4n) is 2.06. The Morgan fingerprint density at radius 1 is 1.15 bits per heavy atom. The molecule has 0 saturated heterocycles.